The normalized spacial score (nSPS) is 17.6. The van der Waals surface area contributed by atoms with Gasteiger partial charge in [-0.1, -0.05) is 35.5 Å². The minimum absolute atomic E-state index is 0.0768. The van der Waals surface area contributed by atoms with Crippen molar-refractivity contribution in [1.29, 1.82) is 0 Å². The molecule has 1 N–H and O–H groups in total. The van der Waals surface area contributed by atoms with Gasteiger partial charge in [0, 0.05) is 13.1 Å². The maximum Gasteiger partial charge on any atom is 0.312 e. The number of aromatic nitrogens is 3. The lowest BCUT2D eigenvalue weighted by atomic mass is 9.81. The largest absolute Gasteiger partial charge is 0.485 e. The van der Waals surface area contributed by atoms with Crippen LogP contribution in [-0.4, -0.2) is 50.9 Å². The van der Waals surface area contributed by atoms with Gasteiger partial charge in [-0.25, -0.2) is 8.42 Å². The van der Waals surface area contributed by atoms with E-state index in [-0.39, 0.29) is 24.6 Å². The highest BCUT2D eigenvalue weighted by Crippen LogP contribution is 2.39. The SMILES string of the molecule is CCn1cc(COC(c2ccc(C)c(CN3CC(C)(C)Oc4ccccc4S3(=O)=O)c2)C(C)(C)C(=O)O)nn1. The van der Waals surface area contributed by atoms with Gasteiger partial charge in [-0.05, 0) is 70.4 Å². The van der Waals surface area contributed by atoms with Gasteiger partial charge in [0.1, 0.15) is 21.9 Å². The first-order chi connectivity index (χ1) is 18.2. The van der Waals surface area contributed by atoms with Gasteiger partial charge < -0.3 is 14.6 Å². The fourth-order valence-electron chi connectivity index (χ4n) is 4.64. The van der Waals surface area contributed by atoms with E-state index in [9.17, 15) is 18.3 Å². The summed E-state index contributed by atoms with van der Waals surface area (Å²) in [5.41, 5.74) is 0.802. The van der Waals surface area contributed by atoms with Crippen molar-refractivity contribution in [2.75, 3.05) is 6.54 Å². The number of carboxylic acid groups (broad SMARTS) is 1. The Morgan fingerprint density at radius 2 is 1.95 bits per heavy atom. The Morgan fingerprint density at radius 3 is 2.62 bits per heavy atom. The summed E-state index contributed by atoms with van der Waals surface area (Å²) in [6.07, 6.45) is 0.930. The number of ether oxygens (including phenoxy) is 2. The van der Waals surface area contributed by atoms with Gasteiger partial charge in [0.05, 0.1) is 30.9 Å². The molecule has 1 aliphatic rings. The van der Waals surface area contributed by atoms with Crippen LogP contribution < -0.4 is 4.74 Å². The lowest BCUT2D eigenvalue weighted by molar-refractivity contribution is -0.158. The van der Waals surface area contributed by atoms with Gasteiger partial charge >= 0.3 is 5.97 Å². The summed E-state index contributed by atoms with van der Waals surface area (Å²) in [6, 6.07) is 12.2. The second kappa shape index (κ2) is 10.7. The van der Waals surface area contributed by atoms with Gasteiger partial charge in [0.15, 0.2) is 0 Å². The van der Waals surface area contributed by atoms with Crippen LogP contribution in [0, 0.1) is 12.3 Å². The molecule has 0 aliphatic carbocycles. The van der Waals surface area contributed by atoms with Crippen molar-refractivity contribution < 1.29 is 27.8 Å². The fraction of sp³-hybridized carbons (Fsp3) is 0.464. The second-order valence-electron chi connectivity index (χ2n) is 11.1. The Kier molecular flexibility index (Phi) is 7.89. The monoisotopic (exact) mass is 556 g/mol. The average molecular weight is 557 g/mol. The Labute approximate surface area is 229 Å². The highest BCUT2D eigenvalue weighted by atomic mass is 32.2. The van der Waals surface area contributed by atoms with Gasteiger partial charge in [0.25, 0.3) is 0 Å². The molecule has 1 unspecified atom stereocenters. The van der Waals surface area contributed by atoms with E-state index in [1.807, 2.05) is 45.9 Å². The maximum absolute atomic E-state index is 13.7. The highest BCUT2D eigenvalue weighted by Gasteiger charge is 2.41. The zero-order valence-corrected chi connectivity index (χ0v) is 24.0. The molecular formula is C28H36N4O6S. The Bertz CT molecular complexity index is 1460. The predicted octanol–water partition coefficient (Wildman–Crippen LogP) is 4.34. The third-order valence-electron chi connectivity index (χ3n) is 6.95. The fourth-order valence-corrected chi connectivity index (χ4v) is 6.33. The van der Waals surface area contributed by atoms with Crippen molar-refractivity contribution in [2.45, 2.75) is 77.8 Å². The van der Waals surface area contributed by atoms with Gasteiger partial charge in [-0.2, -0.15) is 4.31 Å². The standard InChI is InChI=1S/C28H36N4O6S/c1-7-31-16-22(29-30-31)17-37-25(28(5,6)26(33)34)20-13-12-19(2)21(14-20)15-32-18-27(3,4)38-23-10-8-9-11-24(23)39(32,35)36/h8-14,16,25H,7,15,17-18H2,1-6H3,(H,33,34). The molecule has 0 saturated carbocycles. The molecule has 2 aromatic carbocycles. The zero-order chi connectivity index (χ0) is 28.6. The number of hydrogen-bond donors (Lipinski definition) is 1. The molecule has 39 heavy (non-hydrogen) atoms. The first-order valence-electron chi connectivity index (χ1n) is 12.9. The van der Waals surface area contributed by atoms with E-state index in [1.54, 1.807) is 49.0 Å². The summed E-state index contributed by atoms with van der Waals surface area (Å²) in [6.45, 7) is 11.7. The number of sulfonamides is 1. The average Bonchev–Trinajstić information content (AvgIpc) is 3.30. The van der Waals surface area contributed by atoms with Crippen LogP contribution in [0.3, 0.4) is 0 Å². The lowest BCUT2D eigenvalue weighted by Crippen LogP contribution is -2.42. The van der Waals surface area contributed by atoms with Crippen molar-refractivity contribution in [3.63, 3.8) is 0 Å². The van der Waals surface area contributed by atoms with Crippen LogP contribution in [0.4, 0.5) is 0 Å². The summed E-state index contributed by atoms with van der Waals surface area (Å²) in [4.78, 5) is 12.4. The zero-order valence-electron chi connectivity index (χ0n) is 23.2. The van der Waals surface area contributed by atoms with E-state index in [0.717, 1.165) is 11.1 Å². The number of aryl methyl sites for hydroxylation is 2. The number of benzene rings is 2. The second-order valence-corrected chi connectivity index (χ2v) is 13.0. The first-order valence-corrected chi connectivity index (χ1v) is 14.3. The van der Waals surface area contributed by atoms with Crippen LogP contribution in [0.25, 0.3) is 0 Å². The summed E-state index contributed by atoms with van der Waals surface area (Å²) in [5.74, 6) is -0.690. The van der Waals surface area contributed by atoms with Gasteiger partial charge in [-0.15, -0.1) is 5.10 Å². The van der Waals surface area contributed by atoms with E-state index in [4.69, 9.17) is 9.47 Å². The van der Waals surface area contributed by atoms with Crippen LogP contribution >= 0.6 is 0 Å². The smallest absolute Gasteiger partial charge is 0.312 e. The summed E-state index contributed by atoms with van der Waals surface area (Å²) < 4.78 is 42.8. The van der Waals surface area contributed by atoms with Crippen molar-refractivity contribution in [1.82, 2.24) is 19.3 Å². The van der Waals surface area contributed by atoms with E-state index in [0.29, 0.717) is 23.6 Å². The number of para-hydroxylation sites is 1. The van der Waals surface area contributed by atoms with Gasteiger partial charge in [-0.3, -0.25) is 9.48 Å². The van der Waals surface area contributed by atoms with Crippen molar-refractivity contribution in [2.24, 2.45) is 5.41 Å². The Balaban J connectivity index is 1.69. The Hall–Kier alpha value is -3.28. The number of aliphatic carboxylic acids is 1. The summed E-state index contributed by atoms with van der Waals surface area (Å²) in [5, 5.41) is 18.2. The third-order valence-corrected chi connectivity index (χ3v) is 8.78. The number of rotatable bonds is 9. The molecule has 10 nitrogen and oxygen atoms in total. The maximum atomic E-state index is 13.7. The number of fused-ring (bicyclic) bond motifs is 1. The molecule has 1 aliphatic heterocycles. The van der Waals surface area contributed by atoms with Crippen LogP contribution in [0.5, 0.6) is 5.75 Å². The third kappa shape index (κ3) is 6.00. The minimum atomic E-state index is -3.86. The molecule has 0 fully saturated rings. The molecule has 0 radical (unpaired) electrons. The van der Waals surface area contributed by atoms with Crippen molar-refractivity contribution >= 4 is 16.0 Å². The van der Waals surface area contributed by atoms with Crippen LogP contribution in [0.1, 0.15) is 63.1 Å². The van der Waals surface area contributed by atoms with Crippen LogP contribution in [-0.2, 0) is 39.3 Å². The molecular weight excluding hydrogens is 520 g/mol. The van der Waals surface area contributed by atoms with E-state index >= 15 is 0 Å². The van der Waals surface area contributed by atoms with Crippen molar-refractivity contribution in [3.8, 4) is 5.75 Å². The van der Waals surface area contributed by atoms with Gasteiger partial charge in [0.2, 0.25) is 10.0 Å². The number of carbonyl (C=O) groups is 1. The molecule has 3 aromatic rings. The van der Waals surface area contributed by atoms with Crippen LogP contribution in [0.15, 0.2) is 53.6 Å². The first kappa shape index (κ1) is 28.7. The summed E-state index contributed by atoms with van der Waals surface area (Å²) in [7, 11) is -3.86. The molecule has 2 heterocycles. The van der Waals surface area contributed by atoms with E-state index in [2.05, 4.69) is 10.3 Å². The number of carboxylic acids is 1. The molecule has 11 heteroatoms. The predicted molar refractivity (Wildman–Crippen MR) is 145 cm³/mol. The van der Waals surface area contributed by atoms with E-state index in [1.165, 1.54) is 4.31 Å². The minimum Gasteiger partial charge on any atom is -0.485 e. The quantitative estimate of drug-likeness (QED) is 0.413. The molecule has 0 spiro atoms. The molecule has 0 amide bonds. The summed E-state index contributed by atoms with van der Waals surface area (Å²) >= 11 is 0. The van der Waals surface area contributed by atoms with Crippen molar-refractivity contribution in [3.05, 3.63) is 71.0 Å². The van der Waals surface area contributed by atoms with E-state index < -0.39 is 33.1 Å². The molecule has 0 saturated heterocycles. The molecule has 0 bridgehead atoms. The number of nitrogens with zero attached hydrogens (tertiary/aromatic N) is 4. The highest BCUT2D eigenvalue weighted by molar-refractivity contribution is 7.89. The molecule has 4 rings (SSSR count). The molecule has 1 aromatic heterocycles. The lowest BCUT2D eigenvalue weighted by Gasteiger charge is -2.32. The molecule has 210 valence electrons. The molecule has 1 atom stereocenters. The number of hydrogen-bond acceptors (Lipinski definition) is 7. The Morgan fingerprint density at radius 1 is 1.23 bits per heavy atom. The van der Waals surface area contributed by atoms with Crippen LogP contribution in [0.2, 0.25) is 0 Å². The topological polar surface area (TPSA) is 124 Å².